The molecule has 3 aromatic rings. The number of alkyl carbamates (subject to hydrolysis) is 1. The minimum Gasteiger partial charge on any atom is -0.481 e. The fourth-order valence-electron chi connectivity index (χ4n) is 4.14. The first kappa shape index (κ1) is 23.0. The van der Waals surface area contributed by atoms with Crippen molar-refractivity contribution in [1.82, 2.24) is 25.0 Å². The standard InChI is InChI=1S/C24H25N5O5/c1-28(10-11-29-14-25-26-15-29)23(32)21(12-22(30)31)27-24(33)34-13-20-18-8-4-2-6-16(18)17-7-3-5-9-19(17)20/h2-9,14-15,20-21H,10-13H2,1H3,(H,27,33)(H,30,31). The maximum atomic E-state index is 12.8. The van der Waals surface area contributed by atoms with Crippen LogP contribution in [-0.4, -0.2) is 69.0 Å². The summed E-state index contributed by atoms with van der Waals surface area (Å²) in [6.07, 6.45) is 1.64. The van der Waals surface area contributed by atoms with Crippen LogP contribution in [0.1, 0.15) is 23.5 Å². The van der Waals surface area contributed by atoms with E-state index in [0.717, 1.165) is 22.3 Å². The van der Waals surface area contributed by atoms with E-state index in [4.69, 9.17) is 4.74 Å². The molecule has 0 saturated heterocycles. The molecule has 2 amide bonds. The Morgan fingerprint density at radius 3 is 2.24 bits per heavy atom. The van der Waals surface area contributed by atoms with Gasteiger partial charge in [0.2, 0.25) is 5.91 Å². The van der Waals surface area contributed by atoms with Crippen molar-refractivity contribution in [1.29, 1.82) is 0 Å². The Kier molecular flexibility index (Phi) is 6.86. The molecule has 1 atom stereocenters. The highest BCUT2D eigenvalue weighted by molar-refractivity contribution is 5.89. The van der Waals surface area contributed by atoms with E-state index in [1.807, 2.05) is 48.5 Å². The van der Waals surface area contributed by atoms with Crippen molar-refractivity contribution in [3.63, 3.8) is 0 Å². The van der Waals surface area contributed by atoms with E-state index in [2.05, 4.69) is 15.5 Å². The summed E-state index contributed by atoms with van der Waals surface area (Å²) >= 11 is 0. The van der Waals surface area contributed by atoms with Gasteiger partial charge in [0.15, 0.2) is 0 Å². The van der Waals surface area contributed by atoms with Crippen LogP contribution in [0.25, 0.3) is 11.1 Å². The van der Waals surface area contributed by atoms with Crippen molar-refractivity contribution < 1.29 is 24.2 Å². The molecule has 0 spiro atoms. The molecule has 34 heavy (non-hydrogen) atoms. The third-order valence-electron chi connectivity index (χ3n) is 5.85. The maximum absolute atomic E-state index is 12.8. The number of nitrogens with zero attached hydrogens (tertiary/aromatic N) is 4. The molecule has 176 valence electrons. The average molecular weight is 463 g/mol. The zero-order valence-corrected chi connectivity index (χ0v) is 18.6. The minimum atomic E-state index is -1.25. The number of fused-ring (bicyclic) bond motifs is 3. The molecule has 1 aliphatic carbocycles. The lowest BCUT2D eigenvalue weighted by atomic mass is 9.98. The van der Waals surface area contributed by atoms with Crippen LogP contribution < -0.4 is 5.32 Å². The van der Waals surface area contributed by atoms with Gasteiger partial charge in [0.05, 0.1) is 6.42 Å². The summed E-state index contributed by atoms with van der Waals surface area (Å²) in [4.78, 5) is 38.1. The van der Waals surface area contributed by atoms with Crippen LogP contribution in [0, 0.1) is 0 Å². The van der Waals surface area contributed by atoms with E-state index >= 15 is 0 Å². The molecule has 2 N–H and O–H groups in total. The number of benzene rings is 2. The number of carboxylic acids is 1. The molecule has 1 heterocycles. The van der Waals surface area contributed by atoms with Crippen molar-refractivity contribution in [3.8, 4) is 11.1 Å². The summed E-state index contributed by atoms with van der Waals surface area (Å²) in [6, 6.07) is 14.6. The normalized spacial score (nSPS) is 13.0. The predicted octanol–water partition coefficient (Wildman–Crippen LogP) is 2.12. The van der Waals surface area contributed by atoms with E-state index in [0.29, 0.717) is 13.1 Å². The number of nitrogens with one attached hydrogen (secondary N) is 1. The monoisotopic (exact) mass is 463 g/mol. The molecule has 1 unspecified atom stereocenters. The van der Waals surface area contributed by atoms with E-state index in [-0.39, 0.29) is 12.5 Å². The molecule has 10 nitrogen and oxygen atoms in total. The number of hydrogen-bond donors (Lipinski definition) is 2. The molecule has 0 aliphatic heterocycles. The number of carbonyl (C=O) groups excluding carboxylic acids is 2. The van der Waals surface area contributed by atoms with Gasteiger partial charge in [0, 0.05) is 26.1 Å². The second-order valence-corrected chi connectivity index (χ2v) is 8.08. The average Bonchev–Trinajstić information content (AvgIpc) is 3.46. The zero-order chi connectivity index (χ0) is 24.1. The van der Waals surface area contributed by atoms with E-state index in [1.165, 1.54) is 17.6 Å². The van der Waals surface area contributed by atoms with Crippen molar-refractivity contribution in [2.45, 2.75) is 24.9 Å². The summed E-state index contributed by atoms with van der Waals surface area (Å²) in [7, 11) is 1.54. The Bertz CT molecular complexity index is 1130. The zero-order valence-electron chi connectivity index (χ0n) is 18.6. The van der Waals surface area contributed by atoms with Crippen molar-refractivity contribution in [2.75, 3.05) is 20.2 Å². The quantitative estimate of drug-likeness (QED) is 0.498. The molecule has 2 aromatic carbocycles. The molecule has 1 aliphatic rings. The molecule has 0 saturated carbocycles. The van der Waals surface area contributed by atoms with E-state index in [1.54, 1.807) is 11.6 Å². The number of aliphatic carboxylic acids is 1. The van der Waals surface area contributed by atoms with Gasteiger partial charge in [-0.25, -0.2) is 4.79 Å². The second-order valence-electron chi connectivity index (χ2n) is 8.08. The number of aromatic nitrogens is 3. The van der Waals surface area contributed by atoms with E-state index < -0.39 is 30.4 Å². The van der Waals surface area contributed by atoms with Crippen LogP contribution in [0.2, 0.25) is 0 Å². The summed E-state index contributed by atoms with van der Waals surface area (Å²) in [5.74, 6) is -1.87. The molecule has 10 heteroatoms. The first-order valence-corrected chi connectivity index (χ1v) is 10.8. The highest BCUT2D eigenvalue weighted by Crippen LogP contribution is 2.44. The molecular formula is C24H25N5O5. The third kappa shape index (κ3) is 5.06. The number of hydrogen-bond acceptors (Lipinski definition) is 6. The van der Waals surface area contributed by atoms with Crippen LogP contribution >= 0.6 is 0 Å². The number of carboxylic acid groups (broad SMARTS) is 1. The fraction of sp³-hybridized carbons (Fsp3) is 0.292. The predicted molar refractivity (Wildman–Crippen MR) is 122 cm³/mol. The fourth-order valence-corrected chi connectivity index (χ4v) is 4.14. The number of carbonyl (C=O) groups is 3. The summed E-state index contributed by atoms with van der Waals surface area (Å²) in [5, 5.41) is 19.1. The van der Waals surface area contributed by atoms with Gasteiger partial charge >= 0.3 is 12.1 Å². The van der Waals surface area contributed by atoms with Gasteiger partial charge in [0.1, 0.15) is 25.3 Å². The molecular weight excluding hydrogens is 438 g/mol. The Labute approximate surface area is 196 Å². The molecule has 0 radical (unpaired) electrons. The summed E-state index contributed by atoms with van der Waals surface area (Å²) in [5.41, 5.74) is 4.31. The Morgan fingerprint density at radius 2 is 1.65 bits per heavy atom. The summed E-state index contributed by atoms with van der Waals surface area (Å²) in [6.45, 7) is 0.788. The molecule has 1 aromatic heterocycles. The van der Waals surface area contributed by atoms with Gasteiger partial charge in [-0.1, -0.05) is 48.5 Å². The Hall–Kier alpha value is -4.21. The van der Waals surface area contributed by atoms with Gasteiger partial charge in [-0.15, -0.1) is 10.2 Å². The number of rotatable bonds is 9. The number of likely N-dealkylation sites (N-methyl/N-ethyl adjacent to an activating group) is 1. The molecule has 0 fully saturated rings. The lowest BCUT2D eigenvalue weighted by molar-refractivity contribution is -0.142. The highest BCUT2D eigenvalue weighted by atomic mass is 16.5. The second kappa shape index (κ2) is 10.2. The lowest BCUT2D eigenvalue weighted by Gasteiger charge is -2.24. The van der Waals surface area contributed by atoms with Crippen molar-refractivity contribution in [2.24, 2.45) is 0 Å². The van der Waals surface area contributed by atoms with Gasteiger partial charge in [0.25, 0.3) is 0 Å². The largest absolute Gasteiger partial charge is 0.481 e. The molecule has 0 bridgehead atoms. The van der Waals surface area contributed by atoms with Crippen LogP contribution in [0.4, 0.5) is 4.79 Å². The van der Waals surface area contributed by atoms with Gasteiger partial charge in [-0.2, -0.15) is 0 Å². The van der Waals surface area contributed by atoms with Crippen molar-refractivity contribution >= 4 is 18.0 Å². The molecule has 4 rings (SSSR count). The Balaban J connectivity index is 1.38. The Morgan fingerprint density at radius 1 is 1.06 bits per heavy atom. The first-order chi connectivity index (χ1) is 16.4. The smallest absolute Gasteiger partial charge is 0.407 e. The maximum Gasteiger partial charge on any atom is 0.407 e. The lowest BCUT2D eigenvalue weighted by Crippen LogP contribution is -2.49. The van der Waals surface area contributed by atoms with Gasteiger partial charge < -0.3 is 24.6 Å². The third-order valence-corrected chi connectivity index (χ3v) is 5.85. The van der Waals surface area contributed by atoms with Crippen LogP contribution in [-0.2, 0) is 20.9 Å². The van der Waals surface area contributed by atoms with Gasteiger partial charge in [-0.3, -0.25) is 9.59 Å². The highest BCUT2D eigenvalue weighted by Gasteiger charge is 2.31. The number of ether oxygens (including phenoxy) is 1. The van der Waals surface area contributed by atoms with Crippen molar-refractivity contribution in [3.05, 3.63) is 72.3 Å². The summed E-state index contributed by atoms with van der Waals surface area (Å²) < 4.78 is 7.16. The van der Waals surface area contributed by atoms with Crippen LogP contribution in [0.5, 0.6) is 0 Å². The van der Waals surface area contributed by atoms with Crippen LogP contribution in [0.15, 0.2) is 61.2 Å². The number of amides is 2. The van der Waals surface area contributed by atoms with Gasteiger partial charge in [-0.05, 0) is 22.3 Å². The topological polar surface area (TPSA) is 127 Å². The first-order valence-electron chi connectivity index (χ1n) is 10.8. The minimum absolute atomic E-state index is 0.0668. The van der Waals surface area contributed by atoms with Crippen LogP contribution in [0.3, 0.4) is 0 Å². The van der Waals surface area contributed by atoms with E-state index in [9.17, 15) is 19.5 Å². The SMILES string of the molecule is CN(CCn1cnnc1)C(=O)C(CC(=O)O)NC(=O)OCC1c2ccccc2-c2ccccc21.